The highest BCUT2D eigenvalue weighted by atomic mass is 16.5. The number of benzene rings is 2. The van der Waals surface area contributed by atoms with Crippen LogP contribution in [0.25, 0.3) is 0 Å². The fourth-order valence-corrected chi connectivity index (χ4v) is 2.85. The highest BCUT2D eigenvalue weighted by Crippen LogP contribution is 2.27. The van der Waals surface area contributed by atoms with Gasteiger partial charge in [0, 0.05) is 20.1 Å². The molecule has 2 aromatic carbocycles. The Balaban J connectivity index is 2.02. The predicted octanol–water partition coefficient (Wildman–Crippen LogP) is 3.35. The summed E-state index contributed by atoms with van der Waals surface area (Å²) in [6.07, 6.45) is 0.875. The molecule has 0 heterocycles. The van der Waals surface area contributed by atoms with Crippen LogP contribution in [-0.2, 0) is 13.0 Å². The third kappa shape index (κ3) is 6.08. The number of methoxy groups -OCH3 is 3. The molecule has 6 nitrogen and oxygen atoms in total. The van der Waals surface area contributed by atoms with Gasteiger partial charge in [-0.05, 0) is 48.7 Å². The smallest absolute Gasteiger partial charge is 0.193 e. The van der Waals surface area contributed by atoms with Crippen LogP contribution in [-0.4, -0.2) is 52.3 Å². The molecular weight excluding hydrogens is 354 g/mol. The summed E-state index contributed by atoms with van der Waals surface area (Å²) in [5.41, 5.74) is 2.30. The van der Waals surface area contributed by atoms with E-state index in [1.165, 1.54) is 5.56 Å². The average Bonchev–Trinajstić information content (AvgIpc) is 2.74. The molecule has 0 aliphatic heterocycles. The van der Waals surface area contributed by atoms with E-state index < -0.39 is 0 Å². The van der Waals surface area contributed by atoms with Gasteiger partial charge in [0.1, 0.15) is 5.75 Å². The summed E-state index contributed by atoms with van der Waals surface area (Å²) < 4.78 is 16.0. The second-order valence-electron chi connectivity index (χ2n) is 6.38. The molecule has 2 aromatic rings. The molecule has 0 saturated carbocycles. The van der Waals surface area contributed by atoms with E-state index >= 15 is 0 Å². The lowest BCUT2D eigenvalue weighted by atomic mass is 10.1. The van der Waals surface area contributed by atoms with E-state index in [-0.39, 0.29) is 0 Å². The van der Waals surface area contributed by atoms with Crippen LogP contribution in [0.4, 0.5) is 0 Å². The lowest BCUT2D eigenvalue weighted by Crippen LogP contribution is -2.39. The molecular formula is C22H31N3O3. The van der Waals surface area contributed by atoms with Crippen molar-refractivity contribution < 1.29 is 14.2 Å². The van der Waals surface area contributed by atoms with Crippen LogP contribution in [0.1, 0.15) is 18.1 Å². The van der Waals surface area contributed by atoms with Crippen molar-refractivity contribution >= 4 is 5.96 Å². The van der Waals surface area contributed by atoms with Crippen molar-refractivity contribution in [2.45, 2.75) is 19.9 Å². The number of rotatable bonds is 9. The highest BCUT2D eigenvalue weighted by Gasteiger charge is 2.09. The van der Waals surface area contributed by atoms with Crippen LogP contribution in [0.15, 0.2) is 47.5 Å². The molecule has 0 amide bonds. The Morgan fingerprint density at radius 1 is 0.964 bits per heavy atom. The first-order chi connectivity index (χ1) is 13.6. The normalized spacial score (nSPS) is 11.1. The summed E-state index contributed by atoms with van der Waals surface area (Å²) in [5.74, 6) is 3.22. The Bertz CT molecular complexity index is 777. The number of guanidine groups is 1. The molecule has 1 N–H and O–H groups in total. The van der Waals surface area contributed by atoms with Gasteiger partial charge in [-0.25, -0.2) is 4.99 Å². The fourth-order valence-electron chi connectivity index (χ4n) is 2.85. The van der Waals surface area contributed by atoms with E-state index in [9.17, 15) is 0 Å². The van der Waals surface area contributed by atoms with Crippen LogP contribution in [0, 0.1) is 0 Å². The molecule has 0 atom stereocenters. The maximum atomic E-state index is 5.39. The third-order valence-corrected chi connectivity index (χ3v) is 4.43. The molecule has 0 fully saturated rings. The van der Waals surface area contributed by atoms with E-state index in [2.05, 4.69) is 29.3 Å². The van der Waals surface area contributed by atoms with E-state index in [0.717, 1.165) is 48.3 Å². The maximum absolute atomic E-state index is 5.39. The number of ether oxygens (including phenoxy) is 3. The summed E-state index contributed by atoms with van der Waals surface area (Å²) in [6.45, 7) is 4.32. The monoisotopic (exact) mass is 385 g/mol. The molecule has 28 heavy (non-hydrogen) atoms. The molecule has 2 rings (SSSR count). The topological polar surface area (TPSA) is 55.3 Å². The summed E-state index contributed by atoms with van der Waals surface area (Å²) in [4.78, 5) is 6.90. The Morgan fingerprint density at radius 3 is 2.43 bits per heavy atom. The van der Waals surface area contributed by atoms with Gasteiger partial charge < -0.3 is 24.4 Å². The minimum Gasteiger partial charge on any atom is -0.497 e. The van der Waals surface area contributed by atoms with E-state index in [1.54, 1.807) is 21.3 Å². The zero-order chi connectivity index (χ0) is 20.4. The summed E-state index contributed by atoms with van der Waals surface area (Å²) in [7, 11) is 7.03. The van der Waals surface area contributed by atoms with Crippen LogP contribution in [0.2, 0.25) is 0 Å². The molecule has 0 aliphatic rings. The lowest BCUT2D eigenvalue weighted by molar-refractivity contribution is 0.354. The van der Waals surface area contributed by atoms with Crippen LogP contribution in [0.3, 0.4) is 0 Å². The average molecular weight is 386 g/mol. The van der Waals surface area contributed by atoms with Crippen molar-refractivity contribution in [1.29, 1.82) is 0 Å². The number of likely N-dealkylation sites (N-methyl/N-ethyl adjacent to an activating group) is 1. The zero-order valence-corrected chi connectivity index (χ0v) is 17.5. The van der Waals surface area contributed by atoms with Crippen molar-refractivity contribution in [2.24, 2.45) is 4.99 Å². The second-order valence-corrected chi connectivity index (χ2v) is 6.38. The van der Waals surface area contributed by atoms with Crippen molar-refractivity contribution in [1.82, 2.24) is 10.2 Å². The number of aliphatic imine (C=N–C) groups is 1. The molecule has 0 radical (unpaired) electrons. The summed E-state index contributed by atoms with van der Waals surface area (Å²) in [6, 6.07) is 14.0. The summed E-state index contributed by atoms with van der Waals surface area (Å²) >= 11 is 0. The Hall–Kier alpha value is -2.89. The first-order valence-corrected chi connectivity index (χ1v) is 9.44. The molecule has 0 saturated heterocycles. The van der Waals surface area contributed by atoms with Gasteiger partial charge in [0.15, 0.2) is 17.5 Å². The van der Waals surface area contributed by atoms with Gasteiger partial charge in [-0.15, -0.1) is 0 Å². The SMILES string of the molecule is CCNC(=NCc1cccc(OC)c1)N(C)CCc1ccc(OC)c(OC)c1. The first kappa shape index (κ1) is 21.4. The number of nitrogens with zero attached hydrogens (tertiary/aromatic N) is 2. The van der Waals surface area contributed by atoms with Crippen LogP contribution >= 0.6 is 0 Å². The van der Waals surface area contributed by atoms with E-state index in [0.29, 0.717) is 6.54 Å². The van der Waals surface area contributed by atoms with Crippen LogP contribution < -0.4 is 19.5 Å². The van der Waals surface area contributed by atoms with Gasteiger partial charge in [-0.2, -0.15) is 0 Å². The standard InChI is InChI=1S/C22H31N3O3/c1-6-23-22(24-16-18-8-7-9-19(14-18)26-3)25(2)13-12-17-10-11-20(27-4)21(15-17)28-5/h7-11,14-15H,6,12-13,16H2,1-5H3,(H,23,24). The number of hydrogen-bond acceptors (Lipinski definition) is 4. The second kappa shape index (κ2) is 11.1. The molecule has 6 heteroatoms. The zero-order valence-electron chi connectivity index (χ0n) is 17.5. The quantitative estimate of drug-likeness (QED) is 0.530. The fraction of sp³-hybridized carbons (Fsp3) is 0.409. The largest absolute Gasteiger partial charge is 0.497 e. The van der Waals surface area contributed by atoms with Gasteiger partial charge in [0.05, 0.1) is 27.9 Å². The lowest BCUT2D eigenvalue weighted by Gasteiger charge is -2.22. The third-order valence-electron chi connectivity index (χ3n) is 4.43. The molecule has 0 aromatic heterocycles. The summed E-state index contributed by atoms with van der Waals surface area (Å²) in [5, 5.41) is 3.36. The van der Waals surface area contributed by atoms with Crippen molar-refractivity contribution in [2.75, 3.05) is 41.5 Å². The Labute approximate surface area is 168 Å². The number of hydrogen-bond donors (Lipinski definition) is 1. The van der Waals surface area contributed by atoms with Gasteiger partial charge in [-0.1, -0.05) is 18.2 Å². The highest BCUT2D eigenvalue weighted by molar-refractivity contribution is 5.79. The van der Waals surface area contributed by atoms with E-state index in [4.69, 9.17) is 19.2 Å². The minimum absolute atomic E-state index is 0.597. The molecule has 152 valence electrons. The van der Waals surface area contributed by atoms with Crippen LogP contribution in [0.5, 0.6) is 17.2 Å². The molecule has 0 unspecified atom stereocenters. The predicted molar refractivity (Wildman–Crippen MR) is 114 cm³/mol. The van der Waals surface area contributed by atoms with Crippen molar-refractivity contribution in [3.05, 3.63) is 53.6 Å². The maximum Gasteiger partial charge on any atom is 0.193 e. The molecule has 0 aliphatic carbocycles. The van der Waals surface area contributed by atoms with E-state index in [1.807, 2.05) is 37.4 Å². The Kier molecular flexibility index (Phi) is 8.46. The minimum atomic E-state index is 0.597. The van der Waals surface area contributed by atoms with Crippen molar-refractivity contribution in [3.8, 4) is 17.2 Å². The molecule has 0 spiro atoms. The number of nitrogens with one attached hydrogen (secondary N) is 1. The van der Waals surface area contributed by atoms with Gasteiger partial charge >= 0.3 is 0 Å². The molecule has 0 bridgehead atoms. The first-order valence-electron chi connectivity index (χ1n) is 9.44. The van der Waals surface area contributed by atoms with Crippen molar-refractivity contribution in [3.63, 3.8) is 0 Å². The van der Waals surface area contributed by atoms with Gasteiger partial charge in [0.2, 0.25) is 0 Å². The van der Waals surface area contributed by atoms with Gasteiger partial charge in [0.25, 0.3) is 0 Å². The van der Waals surface area contributed by atoms with Gasteiger partial charge in [-0.3, -0.25) is 0 Å². The Morgan fingerprint density at radius 2 is 1.75 bits per heavy atom.